The molecular weight excluding hydrogens is 1460 g/mol. The number of rotatable bonds is 10. The van der Waals surface area contributed by atoms with Gasteiger partial charge in [0.1, 0.15) is 19.0 Å². The van der Waals surface area contributed by atoms with Crippen LogP contribution in [-0.2, 0) is 65.9 Å². The monoisotopic (exact) mass is 1530 g/mol. The second-order valence-corrected chi connectivity index (χ2v) is 23.4. The van der Waals surface area contributed by atoms with Crippen LogP contribution in [0.4, 0.5) is 11.9 Å². The van der Waals surface area contributed by atoms with Crippen LogP contribution in [0, 0.1) is 20.8 Å². The van der Waals surface area contributed by atoms with Crippen molar-refractivity contribution >= 4 is 64.5 Å². The van der Waals surface area contributed by atoms with Gasteiger partial charge in [0.15, 0.2) is 28.2 Å². The van der Waals surface area contributed by atoms with E-state index in [1.54, 1.807) is 46.9 Å². The number of aliphatic imine (C=N–C) groups is 1. The van der Waals surface area contributed by atoms with Gasteiger partial charge >= 0.3 is 18.2 Å². The number of aliphatic carboxylic acids is 1. The third-order valence-corrected chi connectivity index (χ3v) is 15.4. The number of nitrogens with zero attached hydrogens (tertiary/aromatic N) is 39. The van der Waals surface area contributed by atoms with Gasteiger partial charge in [-0.2, -0.15) is 42.7 Å². The Morgan fingerprint density at radius 1 is 0.634 bits per heavy atom. The summed E-state index contributed by atoms with van der Waals surface area (Å²) in [7, 11) is 0. The van der Waals surface area contributed by atoms with Crippen molar-refractivity contribution in [1.82, 2.24) is 191 Å². The molecule has 16 heterocycles. The molecule has 52 nitrogen and oxygen atoms in total. The molecule has 8 N–H and O–H groups in total. The third kappa shape index (κ3) is 20.1. The summed E-state index contributed by atoms with van der Waals surface area (Å²) in [5.74, 6) is 2.02. The Morgan fingerprint density at radius 3 is 1.96 bits per heavy atom. The molecule has 14 aromatic heterocycles. The Bertz CT molecular complexity index is 6130. The number of nitrogens with one attached hydrogen (secondary N) is 5. The fraction of sp³-hybridized carbons (Fsp3) is 0.283. The van der Waals surface area contributed by atoms with Gasteiger partial charge in [0.25, 0.3) is 39.8 Å². The Balaban J connectivity index is 0.000000118. The number of anilines is 2. The number of nitrogen functional groups attached to an aromatic ring is 1. The van der Waals surface area contributed by atoms with E-state index in [2.05, 4.69) is 202 Å². The molecule has 0 radical (unpaired) electrons. The van der Waals surface area contributed by atoms with E-state index in [9.17, 15) is 24.0 Å². The molecule has 0 spiro atoms. The first kappa shape index (κ1) is 75.7. The molecule has 0 saturated carbocycles. The van der Waals surface area contributed by atoms with Gasteiger partial charge in [0, 0.05) is 76.7 Å². The van der Waals surface area contributed by atoms with Gasteiger partial charge in [0.05, 0.1) is 24.5 Å². The number of allylic oxidation sites excluding steroid dienone is 1. The van der Waals surface area contributed by atoms with Crippen molar-refractivity contribution in [2.75, 3.05) is 17.7 Å². The smallest absolute Gasteiger partial charge is 0.351 e. The van der Waals surface area contributed by atoms with Crippen LogP contribution in [0.3, 0.4) is 0 Å². The number of aromatic nitrogens is 38. The van der Waals surface area contributed by atoms with Crippen LogP contribution >= 0.6 is 0 Å². The predicted octanol–water partition coefficient (Wildman–Crippen LogP) is -1.15. The quantitative estimate of drug-likeness (QED) is 0.0628. The number of H-pyrrole nitrogens is 4. The summed E-state index contributed by atoms with van der Waals surface area (Å²) < 4.78 is 16.2. The van der Waals surface area contributed by atoms with E-state index in [4.69, 9.17) is 10.8 Å². The van der Waals surface area contributed by atoms with E-state index in [1.165, 1.54) is 45.1 Å². The van der Waals surface area contributed by atoms with Crippen molar-refractivity contribution in [1.29, 1.82) is 0 Å². The largest absolute Gasteiger partial charge is 0.481 e. The molecule has 0 bridgehead atoms. The highest BCUT2D eigenvalue weighted by Gasteiger charge is 2.24. The van der Waals surface area contributed by atoms with Gasteiger partial charge in [-0.05, 0) is 158 Å². The SMILES string of the molecule is C1=C[N+]2=NN=NC2N=C1.CCOC(=O)Cc1nn[nH]n1.Cc1cc2nnnn2c(N)n1.Cc1cc2nnnn2c(NCc2ccccc2)n1.Cc1ccn2nnnc2n1.O=C(O)Cc1nnnn1Cc1ccccc1.O=c1c2c(nc3nn[nH]n13)CCC2.O=c1c2c(nc3nn[nH]n13)CCCC2.O=c1ccn2nnnc2[nH]1. The maximum Gasteiger partial charge on any atom is 0.351 e. The summed E-state index contributed by atoms with van der Waals surface area (Å²) in [6, 6.07) is 26.5. The summed E-state index contributed by atoms with van der Waals surface area (Å²) in [6.07, 6.45) is 14.8. The number of carbonyl (C=O) groups excluding carboxylic acids is 1. The molecule has 0 amide bonds. The molecule has 52 heteroatoms. The Kier molecular flexibility index (Phi) is 24.9. The molecule has 570 valence electrons. The van der Waals surface area contributed by atoms with Crippen LogP contribution < -0.4 is 27.7 Å². The first-order valence-electron chi connectivity index (χ1n) is 33.6. The number of fused-ring (bicyclic) bond motifs is 9. The molecule has 0 fully saturated rings. The van der Waals surface area contributed by atoms with Gasteiger partial charge in [-0.3, -0.25) is 29.0 Å². The Labute approximate surface area is 623 Å². The molecule has 16 aromatic rings. The van der Waals surface area contributed by atoms with Crippen molar-refractivity contribution < 1.29 is 24.1 Å². The van der Waals surface area contributed by atoms with Crippen LogP contribution in [0.5, 0.6) is 0 Å². The number of nitrogens with two attached hydrogens (primary N) is 1. The van der Waals surface area contributed by atoms with Crippen molar-refractivity contribution in [3.63, 3.8) is 0 Å². The lowest BCUT2D eigenvalue weighted by molar-refractivity contribution is -0.554. The van der Waals surface area contributed by atoms with Crippen LogP contribution in [0.15, 0.2) is 145 Å². The highest BCUT2D eigenvalue weighted by molar-refractivity contribution is 5.71. The zero-order valence-electron chi connectivity index (χ0n) is 59.4. The second-order valence-electron chi connectivity index (χ2n) is 23.4. The fourth-order valence-electron chi connectivity index (χ4n) is 10.3. The molecule has 20 rings (SSSR count). The standard InChI is InChI=1S/C12H12N6.C10H10N4O2.C8H9N5O.C7H7N5O.C5H6N6.C5H5N5.C5H8N4O2.C4H3N5O.C4H4N5/c1-9-7-11-15-16-17-18(11)12(14-9)13-8-10-5-3-2-4-6-10;15-10(16)6-9-11-12-13-14(9)7-8-4-2-1-3-5-8;14-7-5-3-1-2-4-6(5)9-8-10-11-12-13(7)8;13-6-4-2-1-3-5(4)8-7-9-10-11-12(6)7;1-3-2-4-8-9-10-11(4)5(6)7-3;1-4-2-3-10-5(6-4)7-8-9-10;1-2-11-5(10)3-4-6-8-9-7-4;10-3-1-2-9-4(5-3)6-7-8-9;1-2-5-4-6-7-8-9(4)3-1/h2-7H,8H2,1H3,(H,13,14);1-5H,6-7H2,(H,15,16);1-4H2,(H,9,10,12);1-3H2,(H,8,9,11);2H,1H3,(H2,6,7);2-3H,1H3;2-3H2,1H3,(H,6,7,8,9);1-2H,(H,5,6,8,10);1-4H/q;;;;;;;;+1. The molecule has 1 atom stereocenters. The maximum atomic E-state index is 11.8. The number of ether oxygens (including phenoxy) is 1. The van der Waals surface area contributed by atoms with E-state index in [0.717, 1.165) is 90.1 Å². The van der Waals surface area contributed by atoms with Crippen molar-refractivity contribution in [2.45, 2.75) is 105 Å². The fourth-order valence-corrected chi connectivity index (χ4v) is 10.3. The second kappa shape index (κ2) is 36.8. The van der Waals surface area contributed by atoms with Gasteiger partial charge in [-0.25, -0.2) is 34.6 Å². The van der Waals surface area contributed by atoms with E-state index in [-0.39, 0.29) is 41.8 Å². The summed E-state index contributed by atoms with van der Waals surface area (Å²) in [6.45, 7) is 8.94. The highest BCUT2D eigenvalue weighted by atomic mass is 16.5. The number of aromatic amines is 4. The Hall–Kier alpha value is -16.0. The minimum absolute atomic E-state index is 0.0466. The van der Waals surface area contributed by atoms with Gasteiger partial charge in [-0.1, -0.05) is 91.0 Å². The number of carboxylic acid groups (broad SMARTS) is 1. The van der Waals surface area contributed by atoms with E-state index in [1.807, 2.05) is 81.4 Å². The molecule has 0 saturated heterocycles. The average molecular weight is 1530 g/mol. The molecular formula is C60H64N45O7+. The van der Waals surface area contributed by atoms with Crippen molar-refractivity contribution in [3.8, 4) is 0 Å². The highest BCUT2D eigenvalue weighted by Crippen LogP contribution is 2.18. The topological polar surface area (TPSA) is 648 Å². The zero-order chi connectivity index (χ0) is 78.1. The van der Waals surface area contributed by atoms with Crippen LogP contribution in [0.1, 0.15) is 88.6 Å². The van der Waals surface area contributed by atoms with Gasteiger partial charge < -0.3 is 20.9 Å². The normalized spacial score (nSPS) is 13.0. The summed E-state index contributed by atoms with van der Waals surface area (Å²) >= 11 is 0. The van der Waals surface area contributed by atoms with Crippen LogP contribution in [-0.4, -0.2) is 232 Å². The predicted molar refractivity (Wildman–Crippen MR) is 379 cm³/mol. The summed E-state index contributed by atoms with van der Waals surface area (Å²) in [5, 5.41) is 109. The first-order chi connectivity index (χ1) is 54.6. The lowest BCUT2D eigenvalue weighted by Crippen LogP contribution is -2.25. The molecule has 4 aliphatic rings. The Morgan fingerprint density at radius 2 is 1.27 bits per heavy atom. The number of esters is 1. The number of benzene rings is 2. The number of hydrogen-bond donors (Lipinski definition) is 7. The van der Waals surface area contributed by atoms with E-state index >= 15 is 0 Å². The number of tetrazole rings is 8. The minimum Gasteiger partial charge on any atom is -0.481 e. The van der Waals surface area contributed by atoms with Crippen LogP contribution in [0.25, 0.3) is 34.4 Å². The molecule has 2 aromatic carbocycles. The average Bonchev–Trinajstić information content (AvgIpc) is 1.50. The van der Waals surface area contributed by atoms with Crippen LogP contribution in [0.2, 0.25) is 0 Å². The summed E-state index contributed by atoms with van der Waals surface area (Å²) in [4.78, 5) is 82.8. The van der Waals surface area contributed by atoms with Crippen molar-refractivity contribution in [3.05, 3.63) is 203 Å². The minimum atomic E-state index is -0.941. The third-order valence-electron chi connectivity index (χ3n) is 15.4. The lowest BCUT2D eigenvalue weighted by Gasteiger charge is -2.12. The number of aryl methyl sites for hydroxylation is 5. The maximum absolute atomic E-state index is 11.8. The van der Waals surface area contributed by atoms with Crippen molar-refractivity contribution in [2.24, 2.45) is 20.6 Å². The van der Waals surface area contributed by atoms with E-state index < -0.39 is 5.97 Å². The number of hydrogen-bond acceptors (Lipinski definition) is 39. The summed E-state index contributed by atoms with van der Waals surface area (Å²) in [5.41, 5.74) is 14.8. The lowest BCUT2D eigenvalue weighted by atomic mass is 9.97. The van der Waals surface area contributed by atoms with Gasteiger partial charge in [-0.15, -0.1) is 25.5 Å². The molecule has 2 aliphatic heterocycles. The number of carboxylic acids is 1. The first-order valence-corrected chi connectivity index (χ1v) is 33.6. The van der Waals surface area contributed by atoms with E-state index in [0.29, 0.717) is 77.6 Å². The number of carbonyl (C=O) groups is 2. The molecule has 112 heavy (non-hydrogen) atoms. The molecule has 2 aliphatic carbocycles. The molecule has 1 unspecified atom stereocenters. The zero-order valence-corrected chi connectivity index (χ0v) is 59.4. The van der Waals surface area contributed by atoms with Gasteiger partial charge in [0.2, 0.25) is 17.1 Å².